The van der Waals surface area contributed by atoms with E-state index in [0.717, 1.165) is 0 Å². The van der Waals surface area contributed by atoms with E-state index in [1.165, 1.54) is 17.4 Å². The highest BCUT2D eigenvalue weighted by atomic mass is 32.1. The Morgan fingerprint density at radius 3 is 2.56 bits per heavy atom. The van der Waals surface area contributed by atoms with Gasteiger partial charge in [0.25, 0.3) is 0 Å². The number of amides is 1. The molecule has 0 spiro atoms. The number of carbonyl (C=O) groups excluding carboxylic acids is 3. The Morgan fingerprint density at radius 2 is 1.89 bits per heavy atom. The molecule has 144 valence electrons. The zero-order valence-corrected chi connectivity index (χ0v) is 16.4. The maximum Gasteiger partial charge on any atom is 0.412 e. The number of anilines is 1. The van der Waals surface area contributed by atoms with Crippen LogP contribution in [0, 0.1) is 0 Å². The molecule has 6 nitrogen and oxygen atoms in total. The molecule has 0 bridgehead atoms. The molecule has 0 fully saturated rings. The highest BCUT2D eigenvalue weighted by Gasteiger charge is 2.17. The standard InChI is InChI=1S/C20H23NO5S/c1-20(2,3)26-19(24)21-15-8-4-7-14(13-15)18(23)25-11-5-9-16(22)17-10-6-12-27-17/h4,6-8,10,12-13H,5,9,11H2,1-3H3,(H,21,24). The number of hydrogen-bond acceptors (Lipinski definition) is 6. The first-order chi connectivity index (χ1) is 12.7. The summed E-state index contributed by atoms with van der Waals surface area (Å²) < 4.78 is 10.4. The molecule has 1 amide bonds. The molecule has 0 aliphatic rings. The van der Waals surface area contributed by atoms with Gasteiger partial charge in [-0.25, -0.2) is 9.59 Å². The number of thiophene rings is 1. The highest BCUT2D eigenvalue weighted by molar-refractivity contribution is 7.12. The molecule has 0 unspecified atom stereocenters. The predicted molar refractivity (Wildman–Crippen MR) is 104 cm³/mol. The Balaban J connectivity index is 1.80. The van der Waals surface area contributed by atoms with E-state index in [1.54, 1.807) is 45.0 Å². The van der Waals surface area contributed by atoms with Crippen molar-refractivity contribution >= 4 is 34.9 Å². The van der Waals surface area contributed by atoms with E-state index in [4.69, 9.17) is 9.47 Å². The van der Waals surface area contributed by atoms with Crippen LogP contribution in [0.1, 0.15) is 53.6 Å². The zero-order valence-electron chi connectivity index (χ0n) is 15.6. The van der Waals surface area contributed by atoms with Crippen molar-refractivity contribution in [2.45, 2.75) is 39.2 Å². The van der Waals surface area contributed by atoms with Crippen molar-refractivity contribution in [1.29, 1.82) is 0 Å². The average molecular weight is 389 g/mol. The van der Waals surface area contributed by atoms with Crippen LogP contribution in [-0.2, 0) is 9.47 Å². The fourth-order valence-electron chi connectivity index (χ4n) is 2.19. The number of nitrogens with one attached hydrogen (secondary N) is 1. The molecule has 0 saturated carbocycles. The normalized spacial score (nSPS) is 10.9. The molecule has 27 heavy (non-hydrogen) atoms. The summed E-state index contributed by atoms with van der Waals surface area (Å²) in [5.41, 5.74) is 0.140. The second-order valence-electron chi connectivity index (χ2n) is 6.85. The van der Waals surface area contributed by atoms with Crippen molar-refractivity contribution < 1.29 is 23.9 Å². The van der Waals surface area contributed by atoms with Gasteiger partial charge in [-0.05, 0) is 56.8 Å². The highest BCUT2D eigenvalue weighted by Crippen LogP contribution is 2.15. The molecule has 1 aromatic carbocycles. The first-order valence-corrected chi connectivity index (χ1v) is 9.46. The third-order valence-corrected chi connectivity index (χ3v) is 4.23. The topological polar surface area (TPSA) is 81.7 Å². The van der Waals surface area contributed by atoms with E-state index in [9.17, 15) is 14.4 Å². The Labute approximate surface area is 162 Å². The number of esters is 1. The molecule has 0 radical (unpaired) electrons. The third kappa shape index (κ3) is 7.22. The largest absolute Gasteiger partial charge is 0.462 e. The molecule has 1 heterocycles. The van der Waals surface area contributed by atoms with E-state index in [-0.39, 0.29) is 12.4 Å². The Bertz CT molecular complexity index is 793. The van der Waals surface area contributed by atoms with Gasteiger partial charge in [0.05, 0.1) is 17.0 Å². The maximum absolute atomic E-state index is 12.1. The summed E-state index contributed by atoms with van der Waals surface area (Å²) in [6.07, 6.45) is 0.187. The molecule has 0 aliphatic heterocycles. The smallest absolute Gasteiger partial charge is 0.412 e. The molecule has 0 saturated heterocycles. The molecule has 0 aliphatic carbocycles. The van der Waals surface area contributed by atoms with Crippen molar-refractivity contribution in [2.24, 2.45) is 0 Å². The van der Waals surface area contributed by atoms with Crippen LogP contribution in [0.3, 0.4) is 0 Å². The molecule has 2 rings (SSSR count). The minimum Gasteiger partial charge on any atom is -0.462 e. The quantitative estimate of drug-likeness (QED) is 0.413. The van der Waals surface area contributed by atoms with Crippen LogP contribution in [0.5, 0.6) is 0 Å². The minimum atomic E-state index is -0.610. The second-order valence-corrected chi connectivity index (χ2v) is 7.80. The number of carbonyl (C=O) groups is 3. The monoisotopic (exact) mass is 389 g/mol. The van der Waals surface area contributed by atoms with Crippen LogP contribution in [-0.4, -0.2) is 30.1 Å². The van der Waals surface area contributed by atoms with Gasteiger partial charge < -0.3 is 9.47 Å². The first-order valence-electron chi connectivity index (χ1n) is 8.58. The van der Waals surface area contributed by atoms with Crippen molar-refractivity contribution in [1.82, 2.24) is 0 Å². The van der Waals surface area contributed by atoms with E-state index >= 15 is 0 Å². The summed E-state index contributed by atoms with van der Waals surface area (Å²) in [4.78, 5) is 36.5. The van der Waals surface area contributed by atoms with Crippen LogP contribution >= 0.6 is 11.3 Å². The molecule has 1 N–H and O–H groups in total. The summed E-state index contributed by atoms with van der Waals surface area (Å²) >= 11 is 1.40. The zero-order chi connectivity index (χ0) is 19.9. The van der Waals surface area contributed by atoms with E-state index in [2.05, 4.69) is 5.32 Å². The van der Waals surface area contributed by atoms with Gasteiger partial charge in [-0.1, -0.05) is 12.1 Å². The van der Waals surface area contributed by atoms with Gasteiger partial charge in [0, 0.05) is 12.1 Å². The molecular weight excluding hydrogens is 366 g/mol. The first kappa shape index (κ1) is 20.6. The second kappa shape index (κ2) is 9.32. The van der Waals surface area contributed by atoms with E-state index in [1.807, 2.05) is 11.4 Å². The molecule has 7 heteroatoms. The van der Waals surface area contributed by atoms with Crippen LogP contribution < -0.4 is 5.32 Å². The van der Waals surface area contributed by atoms with Crippen LogP contribution in [0.25, 0.3) is 0 Å². The summed E-state index contributed by atoms with van der Waals surface area (Å²) in [5, 5.41) is 4.43. The van der Waals surface area contributed by atoms with Gasteiger partial charge >= 0.3 is 12.1 Å². The van der Waals surface area contributed by atoms with Crippen molar-refractivity contribution in [3.63, 3.8) is 0 Å². The number of benzene rings is 1. The van der Waals surface area contributed by atoms with Gasteiger partial charge in [-0.15, -0.1) is 11.3 Å². The van der Waals surface area contributed by atoms with Gasteiger partial charge in [0.2, 0.25) is 0 Å². The Morgan fingerprint density at radius 1 is 1.11 bits per heavy atom. The average Bonchev–Trinajstić information content (AvgIpc) is 3.11. The third-order valence-electron chi connectivity index (χ3n) is 3.32. The number of rotatable bonds is 7. The van der Waals surface area contributed by atoms with Gasteiger partial charge in [-0.3, -0.25) is 10.1 Å². The lowest BCUT2D eigenvalue weighted by Gasteiger charge is -2.19. The van der Waals surface area contributed by atoms with E-state index in [0.29, 0.717) is 29.0 Å². The fourth-order valence-corrected chi connectivity index (χ4v) is 2.88. The Kier molecular flexibility index (Phi) is 7.12. The Hall–Kier alpha value is -2.67. The maximum atomic E-state index is 12.1. The summed E-state index contributed by atoms with van der Waals surface area (Å²) in [7, 11) is 0. The number of hydrogen-bond donors (Lipinski definition) is 1. The van der Waals surface area contributed by atoms with E-state index < -0.39 is 17.7 Å². The molecular formula is C20H23NO5S. The summed E-state index contributed by atoms with van der Waals surface area (Å²) in [6, 6.07) is 10.0. The van der Waals surface area contributed by atoms with Gasteiger partial charge in [-0.2, -0.15) is 0 Å². The predicted octanol–water partition coefficient (Wildman–Crippen LogP) is 4.92. The van der Waals surface area contributed by atoms with Gasteiger partial charge in [0.1, 0.15) is 5.60 Å². The molecule has 2 aromatic rings. The SMILES string of the molecule is CC(C)(C)OC(=O)Nc1cccc(C(=O)OCCCC(=O)c2cccs2)c1. The van der Waals surface area contributed by atoms with Crippen LogP contribution in [0.4, 0.5) is 10.5 Å². The van der Waals surface area contributed by atoms with Gasteiger partial charge in [0.15, 0.2) is 5.78 Å². The summed E-state index contributed by atoms with van der Waals surface area (Å²) in [6.45, 7) is 5.45. The lowest BCUT2D eigenvalue weighted by Crippen LogP contribution is -2.27. The van der Waals surface area contributed by atoms with Crippen LogP contribution in [0.2, 0.25) is 0 Å². The summed E-state index contributed by atoms with van der Waals surface area (Å²) in [5.74, 6) is -0.462. The fraction of sp³-hybridized carbons (Fsp3) is 0.350. The lowest BCUT2D eigenvalue weighted by molar-refractivity contribution is 0.0493. The number of Topliss-reactive ketones (excluding diaryl/α,β-unsaturated/α-hetero) is 1. The lowest BCUT2D eigenvalue weighted by atomic mass is 10.2. The van der Waals surface area contributed by atoms with Crippen molar-refractivity contribution in [3.8, 4) is 0 Å². The molecule has 1 aromatic heterocycles. The van der Waals surface area contributed by atoms with Crippen molar-refractivity contribution in [2.75, 3.05) is 11.9 Å². The minimum absolute atomic E-state index is 0.0459. The van der Waals surface area contributed by atoms with Crippen molar-refractivity contribution in [3.05, 3.63) is 52.2 Å². The number of ether oxygens (including phenoxy) is 2. The van der Waals surface area contributed by atoms with Crippen LogP contribution in [0.15, 0.2) is 41.8 Å². The number of ketones is 1. The molecule has 0 atom stereocenters.